The SMILES string of the molecule is Cc1ccncc1-c1nc2ccccn2c1N. The molecule has 0 aliphatic rings. The second kappa shape index (κ2) is 3.59. The molecular weight excluding hydrogens is 212 g/mol. The Balaban J connectivity index is 2.32. The molecule has 0 bridgehead atoms. The van der Waals surface area contributed by atoms with Gasteiger partial charge in [-0.15, -0.1) is 0 Å². The maximum Gasteiger partial charge on any atom is 0.139 e. The molecule has 0 aliphatic heterocycles. The summed E-state index contributed by atoms with van der Waals surface area (Å²) < 4.78 is 1.88. The number of pyridine rings is 2. The van der Waals surface area contributed by atoms with Crippen LogP contribution in [0, 0.1) is 6.92 Å². The molecule has 0 aliphatic carbocycles. The zero-order valence-electron chi connectivity index (χ0n) is 9.46. The monoisotopic (exact) mass is 224 g/mol. The number of nitrogens with zero attached hydrogens (tertiary/aromatic N) is 3. The van der Waals surface area contributed by atoms with Crippen LogP contribution in [0.25, 0.3) is 16.9 Å². The molecular formula is C13H12N4. The van der Waals surface area contributed by atoms with Crippen molar-refractivity contribution < 1.29 is 0 Å². The first-order chi connectivity index (χ1) is 8.27. The van der Waals surface area contributed by atoms with Gasteiger partial charge in [-0.2, -0.15) is 0 Å². The fraction of sp³-hybridized carbons (Fsp3) is 0.0769. The predicted octanol–water partition coefficient (Wildman–Crippen LogP) is 2.29. The molecule has 0 amide bonds. The van der Waals surface area contributed by atoms with Crippen molar-refractivity contribution in [3.05, 3.63) is 48.4 Å². The second-order valence-corrected chi connectivity index (χ2v) is 3.97. The molecule has 3 heterocycles. The van der Waals surface area contributed by atoms with Gasteiger partial charge < -0.3 is 5.73 Å². The molecule has 84 valence electrons. The number of rotatable bonds is 1. The number of aryl methyl sites for hydroxylation is 1. The number of hydrogen-bond acceptors (Lipinski definition) is 3. The average molecular weight is 224 g/mol. The van der Waals surface area contributed by atoms with Crippen LogP contribution in [0.2, 0.25) is 0 Å². The van der Waals surface area contributed by atoms with Gasteiger partial charge in [-0.25, -0.2) is 4.98 Å². The summed E-state index contributed by atoms with van der Waals surface area (Å²) in [7, 11) is 0. The van der Waals surface area contributed by atoms with Crippen molar-refractivity contribution in [3.63, 3.8) is 0 Å². The highest BCUT2D eigenvalue weighted by molar-refractivity contribution is 5.76. The van der Waals surface area contributed by atoms with Gasteiger partial charge in [0.25, 0.3) is 0 Å². The molecule has 0 saturated carbocycles. The van der Waals surface area contributed by atoms with Crippen molar-refractivity contribution in [1.82, 2.24) is 14.4 Å². The zero-order chi connectivity index (χ0) is 11.8. The Morgan fingerprint density at radius 1 is 1.24 bits per heavy atom. The molecule has 4 nitrogen and oxygen atoms in total. The summed E-state index contributed by atoms with van der Waals surface area (Å²) in [4.78, 5) is 8.67. The quantitative estimate of drug-likeness (QED) is 0.690. The summed E-state index contributed by atoms with van der Waals surface area (Å²) in [6.07, 6.45) is 5.48. The van der Waals surface area contributed by atoms with Gasteiger partial charge in [-0.1, -0.05) is 6.07 Å². The molecule has 0 fully saturated rings. The van der Waals surface area contributed by atoms with Gasteiger partial charge in [0.05, 0.1) is 0 Å². The molecule has 17 heavy (non-hydrogen) atoms. The lowest BCUT2D eigenvalue weighted by Gasteiger charge is -2.02. The minimum absolute atomic E-state index is 0.650. The summed E-state index contributed by atoms with van der Waals surface area (Å²) in [6, 6.07) is 7.77. The number of nitrogens with two attached hydrogens (primary N) is 1. The van der Waals surface area contributed by atoms with Crippen LogP contribution in [0.15, 0.2) is 42.9 Å². The first-order valence-electron chi connectivity index (χ1n) is 5.41. The van der Waals surface area contributed by atoms with Crippen LogP contribution in [0.5, 0.6) is 0 Å². The molecule has 0 saturated heterocycles. The summed E-state index contributed by atoms with van der Waals surface area (Å²) in [5.74, 6) is 0.650. The molecule has 2 N–H and O–H groups in total. The molecule has 3 aromatic heterocycles. The number of anilines is 1. The van der Waals surface area contributed by atoms with E-state index in [9.17, 15) is 0 Å². The Bertz CT molecular complexity index is 685. The minimum atomic E-state index is 0.650. The molecule has 0 spiro atoms. The lowest BCUT2D eigenvalue weighted by Crippen LogP contribution is -1.94. The average Bonchev–Trinajstić information content (AvgIpc) is 2.68. The molecule has 0 radical (unpaired) electrons. The first kappa shape index (κ1) is 9.84. The summed E-state index contributed by atoms with van der Waals surface area (Å²) in [5, 5.41) is 0. The Kier molecular flexibility index (Phi) is 2.08. The van der Waals surface area contributed by atoms with Crippen molar-refractivity contribution in [2.75, 3.05) is 5.73 Å². The summed E-state index contributed by atoms with van der Waals surface area (Å²) in [6.45, 7) is 2.03. The van der Waals surface area contributed by atoms with Gasteiger partial charge in [-0.05, 0) is 30.7 Å². The van der Waals surface area contributed by atoms with E-state index in [1.807, 2.05) is 41.8 Å². The van der Waals surface area contributed by atoms with Gasteiger partial charge >= 0.3 is 0 Å². The van der Waals surface area contributed by atoms with E-state index < -0.39 is 0 Å². The minimum Gasteiger partial charge on any atom is -0.383 e. The molecule has 3 rings (SSSR count). The van der Waals surface area contributed by atoms with E-state index in [-0.39, 0.29) is 0 Å². The lowest BCUT2D eigenvalue weighted by atomic mass is 10.1. The summed E-state index contributed by atoms with van der Waals surface area (Å²) >= 11 is 0. The topological polar surface area (TPSA) is 56.2 Å². The van der Waals surface area contributed by atoms with E-state index in [1.165, 1.54) is 0 Å². The normalized spacial score (nSPS) is 10.9. The highest BCUT2D eigenvalue weighted by atomic mass is 15.1. The number of nitrogen functional groups attached to an aromatic ring is 1. The van der Waals surface area contributed by atoms with Crippen molar-refractivity contribution in [2.24, 2.45) is 0 Å². The van der Waals surface area contributed by atoms with Crippen molar-refractivity contribution in [3.8, 4) is 11.3 Å². The van der Waals surface area contributed by atoms with Crippen molar-refractivity contribution >= 4 is 11.5 Å². The van der Waals surface area contributed by atoms with Gasteiger partial charge in [0.15, 0.2) is 0 Å². The van der Waals surface area contributed by atoms with Gasteiger partial charge in [0, 0.05) is 24.2 Å². The van der Waals surface area contributed by atoms with Crippen LogP contribution in [-0.2, 0) is 0 Å². The van der Waals surface area contributed by atoms with Gasteiger partial charge in [0.1, 0.15) is 17.2 Å². The second-order valence-electron chi connectivity index (χ2n) is 3.97. The third kappa shape index (κ3) is 1.45. The van der Waals surface area contributed by atoms with E-state index in [2.05, 4.69) is 9.97 Å². The highest BCUT2D eigenvalue weighted by Gasteiger charge is 2.12. The number of fused-ring (bicyclic) bond motifs is 1. The number of imidazole rings is 1. The van der Waals surface area contributed by atoms with Crippen LogP contribution in [0.4, 0.5) is 5.82 Å². The van der Waals surface area contributed by atoms with E-state index >= 15 is 0 Å². The van der Waals surface area contributed by atoms with Crippen LogP contribution in [0.3, 0.4) is 0 Å². The molecule has 3 aromatic rings. The van der Waals surface area contributed by atoms with E-state index in [1.54, 1.807) is 12.4 Å². The molecule has 4 heteroatoms. The van der Waals surface area contributed by atoms with Crippen LogP contribution < -0.4 is 5.73 Å². The molecule has 0 unspecified atom stereocenters. The van der Waals surface area contributed by atoms with Crippen LogP contribution >= 0.6 is 0 Å². The van der Waals surface area contributed by atoms with E-state index in [0.717, 1.165) is 22.5 Å². The van der Waals surface area contributed by atoms with Crippen molar-refractivity contribution in [2.45, 2.75) is 6.92 Å². The smallest absolute Gasteiger partial charge is 0.139 e. The number of aromatic nitrogens is 3. The van der Waals surface area contributed by atoms with Gasteiger partial charge in [0.2, 0.25) is 0 Å². The molecule has 0 atom stereocenters. The zero-order valence-corrected chi connectivity index (χ0v) is 9.46. The highest BCUT2D eigenvalue weighted by Crippen LogP contribution is 2.27. The van der Waals surface area contributed by atoms with Crippen molar-refractivity contribution in [1.29, 1.82) is 0 Å². The predicted molar refractivity (Wildman–Crippen MR) is 67.6 cm³/mol. The standard InChI is InChI=1S/C13H12N4/c1-9-5-6-15-8-10(9)12-13(14)17-7-3-2-4-11(17)16-12/h2-8H,14H2,1H3. The van der Waals surface area contributed by atoms with Crippen LogP contribution in [0.1, 0.15) is 5.56 Å². The largest absolute Gasteiger partial charge is 0.383 e. The third-order valence-corrected chi connectivity index (χ3v) is 2.86. The Hall–Kier alpha value is -2.36. The van der Waals surface area contributed by atoms with Gasteiger partial charge in [-0.3, -0.25) is 9.38 Å². The fourth-order valence-electron chi connectivity index (χ4n) is 1.92. The Morgan fingerprint density at radius 2 is 2.12 bits per heavy atom. The molecule has 0 aromatic carbocycles. The summed E-state index contributed by atoms with van der Waals surface area (Å²) in [5.41, 5.74) is 9.86. The lowest BCUT2D eigenvalue weighted by molar-refractivity contribution is 1.20. The maximum absolute atomic E-state index is 6.11. The Morgan fingerprint density at radius 3 is 2.88 bits per heavy atom. The maximum atomic E-state index is 6.11. The number of hydrogen-bond donors (Lipinski definition) is 1. The first-order valence-corrected chi connectivity index (χ1v) is 5.41. The van der Waals surface area contributed by atoms with E-state index in [0.29, 0.717) is 5.82 Å². The fourth-order valence-corrected chi connectivity index (χ4v) is 1.92. The third-order valence-electron chi connectivity index (χ3n) is 2.86. The van der Waals surface area contributed by atoms with Crippen LogP contribution in [-0.4, -0.2) is 14.4 Å². The Labute approximate surface area is 98.8 Å². The van der Waals surface area contributed by atoms with E-state index in [4.69, 9.17) is 5.73 Å².